The number of carbonyl (C=O) groups is 1. The lowest BCUT2D eigenvalue weighted by Crippen LogP contribution is -2.44. The van der Waals surface area contributed by atoms with Gasteiger partial charge < -0.3 is 22.1 Å². The molecular formula is C28H34N4O. The molecule has 0 fully saturated rings. The Morgan fingerprint density at radius 1 is 0.818 bits per heavy atom. The van der Waals surface area contributed by atoms with Crippen molar-refractivity contribution in [3.8, 4) is 0 Å². The van der Waals surface area contributed by atoms with Gasteiger partial charge in [0.1, 0.15) is 0 Å². The van der Waals surface area contributed by atoms with Gasteiger partial charge in [-0.05, 0) is 48.1 Å². The number of nitrogens with two attached hydrogens (primary N) is 2. The summed E-state index contributed by atoms with van der Waals surface area (Å²) in [4.78, 5) is 12.7. The topological polar surface area (TPSA) is 93.2 Å². The zero-order valence-corrected chi connectivity index (χ0v) is 19.0. The minimum Gasteiger partial charge on any atom is -0.399 e. The molecule has 33 heavy (non-hydrogen) atoms. The van der Waals surface area contributed by atoms with Gasteiger partial charge in [-0.25, -0.2) is 0 Å². The summed E-state index contributed by atoms with van der Waals surface area (Å²) in [6, 6.07) is 27.6. The summed E-state index contributed by atoms with van der Waals surface area (Å²) >= 11 is 0. The minimum absolute atomic E-state index is 0.00825. The van der Waals surface area contributed by atoms with Gasteiger partial charge >= 0.3 is 0 Å². The maximum Gasteiger partial charge on any atom is 0.220 e. The van der Waals surface area contributed by atoms with Gasteiger partial charge in [-0.2, -0.15) is 0 Å². The van der Waals surface area contributed by atoms with Crippen molar-refractivity contribution in [2.24, 2.45) is 5.73 Å². The predicted octanol–water partition coefficient (Wildman–Crippen LogP) is 3.60. The second-order valence-corrected chi connectivity index (χ2v) is 8.41. The summed E-state index contributed by atoms with van der Waals surface area (Å²) in [7, 11) is 0. The Labute approximate surface area is 196 Å². The van der Waals surface area contributed by atoms with E-state index in [0.717, 1.165) is 34.5 Å². The molecule has 6 N–H and O–H groups in total. The van der Waals surface area contributed by atoms with E-state index in [0.29, 0.717) is 25.8 Å². The van der Waals surface area contributed by atoms with E-state index in [1.807, 2.05) is 72.8 Å². The molecule has 0 saturated carbocycles. The molecule has 172 valence electrons. The number of hydrogen-bond acceptors (Lipinski definition) is 4. The maximum absolute atomic E-state index is 12.7. The largest absolute Gasteiger partial charge is 0.399 e. The maximum atomic E-state index is 12.7. The number of rotatable bonds is 12. The molecule has 0 aliphatic heterocycles. The second-order valence-electron chi connectivity index (χ2n) is 8.41. The van der Waals surface area contributed by atoms with Gasteiger partial charge in [0.25, 0.3) is 0 Å². The SMILES string of the molecule is C=C(NC[C@H](N)Cc1ccc(N)cc1)[C@@H](Cc1ccccc1)NC(=O)CCc1ccccc1. The van der Waals surface area contributed by atoms with E-state index >= 15 is 0 Å². The fourth-order valence-electron chi connectivity index (χ4n) is 3.69. The van der Waals surface area contributed by atoms with Crippen LogP contribution in [0.5, 0.6) is 0 Å². The van der Waals surface area contributed by atoms with Crippen molar-refractivity contribution in [3.63, 3.8) is 0 Å². The Morgan fingerprint density at radius 2 is 1.39 bits per heavy atom. The molecule has 0 unspecified atom stereocenters. The Hall–Kier alpha value is -3.57. The van der Waals surface area contributed by atoms with Gasteiger partial charge in [-0.15, -0.1) is 0 Å². The number of anilines is 1. The first-order valence-corrected chi connectivity index (χ1v) is 11.4. The molecule has 1 amide bonds. The molecule has 5 nitrogen and oxygen atoms in total. The molecule has 0 aromatic heterocycles. The molecule has 0 radical (unpaired) electrons. The summed E-state index contributed by atoms with van der Waals surface area (Å²) in [6.45, 7) is 4.78. The summed E-state index contributed by atoms with van der Waals surface area (Å²) in [5.74, 6) is 0.00825. The molecule has 2 atom stereocenters. The molecule has 0 aliphatic carbocycles. The van der Waals surface area contributed by atoms with Crippen molar-refractivity contribution in [2.75, 3.05) is 12.3 Å². The molecule has 0 bridgehead atoms. The van der Waals surface area contributed by atoms with Crippen molar-refractivity contribution in [2.45, 2.75) is 37.8 Å². The predicted molar refractivity (Wildman–Crippen MR) is 137 cm³/mol. The van der Waals surface area contributed by atoms with Crippen molar-refractivity contribution in [1.82, 2.24) is 10.6 Å². The van der Waals surface area contributed by atoms with Crippen LogP contribution < -0.4 is 22.1 Å². The van der Waals surface area contributed by atoms with Crippen LogP contribution in [-0.2, 0) is 24.1 Å². The van der Waals surface area contributed by atoms with Crippen molar-refractivity contribution in [1.29, 1.82) is 0 Å². The zero-order valence-electron chi connectivity index (χ0n) is 19.0. The van der Waals surface area contributed by atoms with Crippen LogP contribution in [0.3, 0.4) is 0 Å². The van der Waals surface area contributed by atoms with Gasteiger partial charge in [-0.3, -0.25) is 4.79 Å². The molecule has 0 spiro atoms. The molecule has 3 aromatic carbocycles. The van der Waals surface area contributed by atoms with Gasteiger partial charge in [0, 0.05) is 30.4 Å². The lowest BCUT2D eigenvalue weighted by Gasteiger charge is -2.24. The highest BCUT2D eigenvalue weighted by Crippen LogP contribution is 2.11. The number of benzene rings is 3. The van der Waals surface area contributed by atoms with E-state index in [-0.39, 0.29) is 18.0 Å². The molecule has 0 saturated heterocycles. The quantitative estimate of drug-likeness (QED) is 0.323. The number of amides is 1. The first kappa shape index (κ1) is 24.1. The van der Waals surface area contributed by atoms with Gasteiger partial charge in [-0.1, -0.05) is 79.4 Å². The van der Waals surface area contributed by atoms with E-state index in [9.17, 15) is 4.79 Å². The van der Waals surface area contributed by atoms with Crippen LogP contribution in [0.2, 0.25) is 0 Å². The van der Waals surface area contributed by atoms with Crippen LogP contribution in [0, 0.1) is 0 Å². The third-order valence-electron chi connectivity index (χ3n) is 5.59. The Bertz CT molecular complexity index is 1000. The van der Waals surface area contributed by atoms with E-state index in [1.165, 1.54) is 0 Å². The van der Waals surface area contributed by atoms with Crippen LogP contribution >= 0.6 is 0 Å². The lowest BCUT2D eigenvalue weighted by atomic mass is 10.0. The third-order valence-corrected chi connectivity index (χ3v) is 5.59. The third kappa shape index (κ3) is 8.47. The highest BCUT2D eigenvalue weighted by molar-refractivity contribution is 5.77. The molecular weight excluding hydrogens is 408 g/mol. The smallest absolute Gasteiger partial charge is 0.220 e. The average Bonchev–Trinajstić information content (AvgIpc) is 2.83. The zero-order chi connectivity index (χ0) is 23.5. The highest BCUT2D eigenvalue weighted by Gasteiger charge is 2.17. The summed E-state index contributed by atoms with van der Waals surface area (Å²) in [5, 5.41) is 6.51. The fourth-order valence-corrected chi connectivity index (χ4v) is 3.69. The van der Waals surface area contributed by atoms with Crippen molar-refractivity contribution >= 4 is 11.6 Å². The minimum atomic E-state index is -0.223. The number of aryl methyl sites for hydroxylation is 1. The van der Waals surface area contributed by atoms with Crippen LogP contribution in [0.4, 0.5) is 5.69 Å². The normalized spacial score (nSPS) is 12.5. The Kier molecular flexibility index (Phi) is 9.09. The number of carbonyl (C=O) groups excluding carboxylic acids is 1. The number of nitrogen functional groups attached to an aromatic ring is 1. The van der Waals surface area contributed by atoms with E-state index < -0.39 is 0 Å². The lowest BCUT2D eigenvalue weighted by molar-refractivity contribution is -0.121. The summed E-state index contributed by atoms with van der Waals surface area (Å²) in [5.41, 5.74) is 17.0. The van der Waals surface area contributed by atoms with Crippen molar-refractivity contribution in [3.05, 3.63) is 114 Å². The number of nitrogens with one attached hydrogen (secondary N) is 2. The molecule has 3 rings (SSSR count). The first-order valence-electron chi connectivity index (χ1n) is 11.4. The summed E-state index contributed by atoms with van der Waals surface area (Å²) < 4.78 is 0. The Morgan fingerprint density at radius 3 is 2.03 bits per heavy atom. The van der Waals surface area contributed by atoms with Crippen molar-refractivity contribution < 1.29 is 4.79 Å². The van der Waals surface area contributed by atoms with E-state index in [2.05, 4.69) is 29.3 Å². The standard InChI is InChI=1S/C28H34N4O/c1-21(31-20-26(30)18-24-12-15-25(29)16-13-24)27(19-23-10-6-3-7-11-23)32-28(33)17-14-22-8-4-2-5-9-22/h2-13,15-16,26-27,31H,1,14,17-20,29-30H2,(H,32,33)/t26-,27-/m1/s1. The van der Waals surface area contributed by atoms with Gasteiger partial charge in [0.15, 0.2) is 0 Å². The molecule has 0 aliphatic rings. The van der Waals surface area contributed by atoms with Gasteiger partial charge in [0.2, 0.25) is 5.91 Å². The van der Waals surface area contributed by atoms with E-state index in [1.54, 1.807) is 0 Å². The van der Waals surface area contributed by atoms with Crippen LogP contribution in [-0.4, -0.2) is 24.5 Å². The second kappa shape index (κ2) is 12.5. The van der Waals surface area contributed by atoms with Crippen LogP contribution in [0.1, 0.15) is 23.1 Å². The fraction of sp³-hybridized carbons (Fsp3) is 0.250. The first-order chi connectivity index (χ1) is 16.0. The monoisotopic (exact) mass is 442 g/mol. The summed E-state index contributed by atoms with van der Waals surface area (Å²) in [6.07, 6.45) is 2.53. The van der Waals surface area contributed by atoms with Crippen LogP contribution in [0.15, 0.2) is 97.2 Å². The average molecular weight is 443 g/mol. The van der Waals surface area contributed by atoms with E-state index in [4.69, 9.17) is 11.5 Å². The Balaban J connectivity index is 1.55. The van der Waals surface area contributed by atoms with Crippen LogP contribution in [0.25, 0.3) is 0 Å². The number of hydrogen-bond donors (Lipinski definition) is 4. The molecule has 0 heterocycles. The molecule has 5 heteroatoms. The highest BCUT2D eigenvalue weighted by atomic mass is 16.1. The molecule has 3 aromatic rings. The van der Waals surface area contributed by atoms with Gasteiger partial charge in [0.05, 0.1) is 6.04 Å².